The first kappa shape index (κ1) is 20.6. The van der Waals surface area contributed by atoms with E-state index in [-0.39, 0.29) is 5.91 Å². The van der Waals surface area contributed by atoms with Crippen molar-refractivity contribution in [1.29, 1.82) is 0 Å². The number of amides is 1. The molecule has 0 unspecified atom stereocenters. The lowest BCUT2D eigenvalue weighted by molar-refractivity contribution is -0.116. The van der Waals surface area contributed by atoms with E-state index in [0.717, 1.165) is 29.7 Å². The first-order valence-corrected chi connectivity index (χ1v) is 8.98. The first-order chi connectivity index (χ1) is 13.1. The maximum absolute atomic E-state index is 11.6. The molecule has 0 fully saturated rings. The van der Waals surface area contributed by atoms with Crippen molar-refractivity contribution in [3.63, 3.8) is 0 Å². The molecule has 1 heterocycles. The number of fused-ring (bicyclic) bond motifs is 1. The zero-order valence-corrected chi connectivity index (χ0v) is 16.2. The molecule has 1 aromatic heterocycles. The van der Waals surface area contributed by atoms with Crippen LogP contribution in [-0.2, 0) is 16.1 Å². The number of carbonyl (C=O) groups is 1. The van der Waals surface area contributed by atoms with Gasteiger partial charge in [-0.3, -0.25) is 9.78 Å². The Morgan fingerprint density at radius 2 is 1.85 bits per heavy atom. The van der Waals surface area contributed by atoms with E-state index in [1.54, 1.807) is 12.4 Å². The molecular weight excluding hydrogens is 338 g/mol. The molecule has 0 aliphatic carbocycles. The van der Waals surface area contributed by atoms with E-state index in [1.165, 1.54) is 5.56 Å². The standard InChI is InChI=1S/C13H15N3O.C9H12O/c1-16(2)9-13(17)15-12-4-3-11-8-14-6-5-10(11)7-12;1-2-10-8-9-6-4-3-5-7-9/h3-8H,9H2,1-2H3,(H,15,17);3-7H,2,8H2,1H3. The van der Waals surface area contributed by atoms with Crippen LogP contribution in [0.2, 0.25) is 0 Å². The monoisotopic (exact) mass is 365 g/mol. The van der Waals surface area contributed by atoms with Crippen LogP contribution in [-0.4, -0.2) is 43.0 Å². The molecule has 27 heavy (non-hydrogen) atoms. The second-order valence-electron chi connectivity index (χ2n) is 6.35. The van der Waals surface area contributed by atoms with Crippen LogP contribution in [0, 0.1) is 0 Å². The number of rotatable bonds is 6. The highest BCUT2D eigenvalue weighted by molar-refractivity contribution is 5.95. The first-order valence-electron chi connectivity index (χ1n) is 8.98. The highest BCUT2D eigenvalue weighted by atomic mass is 16.5. The van der Waals surface area contributed by atoms with Crippen molar-refractivity contribution in [2.24, 2.45) is 0 Å². The van der Waals surface area contributed by atoms with Crippen molar-refractivity contribution < 1.29 is 9.53 Å². The van der Waals surface area contributed by atoms with E-state index >= 15 is 0 Å². The third-order valence-electron chi connectivity index (χ3n) is 3.70. The van der Waals surface area contributed by atoms with Gasteiger partial charge in [-0.2, -0.15) is 0 Å². The van der Waals surface area contributed by atoms with E-state index in [0.29, 0.717) is 6.54 Å². The topological polar surface area (TPSA) is 54.5 Å². The summed E-state index contributed by atoms with van der Waals surface area (Å²) in [4.78, 5) is 17.5. The highest BCUT2D eigenvalue weighted by Crippen LogP contribution is 2.17. The van der Waals surface area contributed by atoms with Gasteiger partial charge in [-0.25, -0.2) is 0 Å². The van der Waals surface area contributed by atoms with E-state index in [2.05, 4.69) is 22.4 Å². The number of anilines is 1. The summed E-state index contributed by atoms with van der Waals surface area (Å²) in [5.74, 6) is -0.0107. The Balaban J connectivity index is 0.000000223. The van der Waals surface area contributed by atoms with Gasteiger partial charge in [0.1, 0.15) is 0 Å². The molecule has 0 aliphatic heterocycles. The van der Waals surface area contributed by atoms with Crippen molar-refractivity contribution in [3.8, 4) is 0 Å². The number of hydrogen-bond donors (Lipinski definition) is 1. The molecule has 0 saturated carbocycles. The Kier molecular flexibility index (Phi) is 8.42. The molecule has 0 atom stereocenters. The normalized spacial score (nSPS) is 10.4. The Hall–Kier alpha value is -2.76. The number of aromatic nitrogens is 1. The molecular formula is C22H27N3O2. The third kappa shape index (κ3) is 7.56. The highest BCUT2D eigenvalue weighted by Gasteiger charge is 2.04. The predicted octanol–water partition coefficient (Wildman–Crippen LogP) is 3.96. The quantitative estimate of drug-likeness (QED) is 0.718. The van der Waals surface area contributed by atoms with Gasteiger partial charge in [-0.15, -0.1) is 0 Å². The number of ether oxygens (including phenoxy) is 1. The number of nitrogens with one attached hydrogen (secondary N) is 1. The number of nitrogens with zero attached hydrogens (tertiary/aromatic N) is 2. The van der Waals surface area contributed by atoms with Gasteiger partial charge in [-0.1, -0.05) is 36.4 Å². The molecule has 0 bridgehead atoms. The van der Waals surface area contributed by atoms with Crippen LogP contribution in [0.15, 0.2) is 67.0 Å². The Labute approximate surface area is 161 Å². The largest absolute Gasteiger partial charge is 0.377 e. The van der Waals surface area contributed by atoms with Crippen LogP contribution in [0.4, 0.5) is 5.69 Å². The molecule has 0 radical (unpaired) electrons. The van der Waals surface area contributed by atoms with Crippen LogP contribution >= 0.6 is 0 Å². The van der Waals surface area contributed by atoms with Gasteiger partial charge >= 0.3 is 0 Å². The SMILES string of the molecule is CCOCc1ccccc1.CN(C)CC(=O)Nc1ccc2cnccc2c1. The predicted molar refractivity (Wildman–Crippen MR) is 111 cm³/mol. The number of benzene rings is 2. The van der Waals surface area contributed by atoms with Crippen molar-refractivity contribution in [1.82, 2.24) is 9.88 Å². The van der Waals surface area contributed by atoms with Gasteiger partial charge in [0, 0.05) is 30.1 Å². The Morgan fingerprint density at radius 1 is 1.07 bits per heavy atom. The summed E-state index contributed by atoms with van der Waals surface area (Å²) >= 11 is 0. The molecule has 3 rings (SSSR count). The van der Waals surface area contributed by atoms with Gasteiger partial charge in [0.25, 0.3) is 0 Å². The van der Waals surface area contributed by atoms with Gasteiger partial charge in [-0.05, 0) is 50.2 Å². The minimum atomic E-state index is -0.0107. The lowest BCUT2D eigenvalue weighted by atomic mass is 10.1. The smallest absolute Gasteiger partial charge is 0.238 e. The molecule has 5 heteroatoms. The lowest BCUT2D eigenvalue weighted by Crippen LogP contribution is -2.27. The summed E-state index contributed by atoms with van der Waals surface area (Å²) in [5.41, 5.74) is 2.06. The fourth-order valence-electron chi connectivity index (χ4n) is 2.44. The zero-order chi connectivity index (χ0) is 19.5. The molecule has 0 spiro atoms. The Morgan fingerprint density at radius 3 is 2.56 bits per heavy atom. The maximum Gasteiger partial charge on any atom is 0.238 e. The van der Waals surface area contributed by atoms with E-state index in [9.17, 15) is 4.79 Å². The fourth-order valence-corrected chi connectivity index (χ4v) is 2.44. The zero-order valence-electron chi connectivity index (χ0n) is 16.2. The molecule has 142 valence electrons. The molecule has 1 amide bonds. The summed E-state index contributed by atoms with van der Waals surface area (Å²) in [7, 11) is 3.73. The minimum Gasteiger partial charge on any atom is -0.377 e. The number of carbonyl (C=O) groups excluding carboxylic acids is 1. The van der Waals surface area contributed by atoms with Crippen LogP contribution < -0.4 is 5.32 Å². The Bertz CT molecular complexity index is 835. The second kappa shape index (κ2) is 11.1. The summed E-state index contributed by atoms with van der Waals surface area (Å²) in [6.45, 7) is 3.91. The molecule has 0 aliphatic rings. The lowest BCUT2D eigenvalue weighted by Gasteiger charge is -2.10. The average Bonchev–Trinajstić information content (AvgIpc) is 2.67. The number of likely N-dealkylation sites (N-methyl/N-ethyl adjacent to an activating group) is 1. The summed E-state index contributed by atoms with van der Waals surface area (Å²) < 4.78 is 5.22. The summed E-state index contributed by atoms with van der Waals surface area (Å²) in [5, 5.41) is 5.00. The van der Waals surface area contributed by atoms with E-state index in [4.69, 9.17) is 4.74 Å². The van der Waals surface area contributed by atoms with Crippen molar-refractivity contribution in [2.45, 2.75) is 13.5 Å². The number of pyridine rings is 1. The van der Waals surface area contributed by atoms with Gasteiger partial charge in [0.15, 0.2) is 0 Å². The van der Waals surface area contributed by atoms with E-state index in [1.807, 2.05) is 68.4 Å². The van der Waals surface area contributed by atoms with E-state index < -0.39 is 0 Å². The fraction of sp³-hybridized carbons (Fsp3) is 0.273. The summed E-state index contributed by atoms with van der Waals surface area (Å²) in [6.07, 6.45) is 3.55. The van der Waals surface area contributed by atoms with Crippen molar-refractivity contribution in [2.75, 3.05) is 32.6 Å². The molecule has 0 saturated heterocycles. The molecule has 1 N–H and O–H groups in total. The third-order valence-corrected chi connectivity index (χ3v) is 3.70. The van der Waals surface area contributed by atoms with Crippen molar-refractivity contribution >= 4 is 22.4 Å². The summed E-state index contributed by atoms with van der Waals surface area (Å²) in [6, 6.07) is 17.9. The van der Waals surface area contributed by atoms with Crippen molar-refractivity contribution in [3.05, 3.63) is 72.6 Å². The van der Waals surface area contributed by atoms with Gasteiger partial charge in [0.05, 0.1) is 13.2 Å². The molecule has 5 nitrogen and oxygen atoms in total. The second-order valence-corrected chi connectivity index (χ2v) is 6.35. The molecule has 3 aromatic rings. The van der Waals surface area contributed by atoms with Crippen LogP contribution in [0.3, 0.4) is 0 Å². The average molecular weight is 365 g/mol. The maximum atomic E-state index is 11.6. The minimum absolute atomic E-state index is 0.0107. The van der Waals surface area contributed by atoms with Crippen LogP contribution in [0.25, 0.3) is 10.8 Å². The van der Waals surface area contributed by atoms with Crippen LogP contribution in [0.5, 0.6) is 0 Å². The van der Waals surface area contributed by atoms with Gasteiger partial charge < -0.3 is 15.0 Å². The number of hydrogen-bond acceptors (Lipinski definition) is 4. The van der Waals surface area contributed by atoms with Gasteiger partial charge in [0.2, 0.25) is 5.91 Å². The molecule has 2 aromatic carbocycles. The van der Waals surface area contributed by atoms with Crippen LogP contribution in [0.1, 0.15) is 12.5 Å².